The summed E-state index contributed by atoms with van der Waals surface area (Å²) in [7, 11) is 3.02. The van der Waals surface area contributed by atoms with Gasteiger partial charge in [-0.3, -0.25) is 4.79 Å². The van der Waals surface area contributed by atoms with Crippen LogP contribution in [-0.4, -0.2) is 81.6 Å². The third-order valence-corrected chi connectivity index (χ3v) is 5.99. The highest BCUT2D eigenvalue weighted by molar-refractivity contribution is 6.15. The number of benzene rings is 2. The van der Waals surface area contributed by atoms with Crippen LogP contribution in [0.15, 0.2) is 59.2 Å². The van der Waals surface area contributed by atoms with Crippen LogP contribution in [0.5, 0.6) is 23.0 Å². The molecule has 0 aliphatic carbocycles. The topological polar surface area (TPSA) is 169 Å². The number of nitrogens with one attached hydrogen (secondary N) is 1. The van der Waals surface area contributed by atoms with Crippen LogP contribution in [0.3, 0.4) is 0 Å². The fourth-order valence-corrected chi connectivity index (χ4v) is 4.11. The number of morpholine rings is 1. The van der Waals surface area contributed by atoms with Gasteiger partial charge in [0.25, 0.3) is 0 Å². The number of carbonyl (C=O) groups excluding carboxylic acids is 2. The second-order valence-electron chi connectivity index (χ2n) is 8.68. The fourth-order valence-electron chi connectivity index (χ4n) is 4.11. The van der Waals surface area contributed by atoms with E-state index in [4.69, 9.17) is 28.5 Å². The quantitative estimate of drug-likeness (QED) is 0.220. The largest absolute Gasteiger partial charge is 0.545 e. The van der Waals surface area contributed by atoms with E-state index in [1.165, 1.54) is 31.5 Å². The van der Waals surface area contributed by atoms with E-state index in [0.29, 0.717) is 46.8 Å². The van der Waals surface area contributed by atoms with Crippen molar-refractivity contribution in [1.82, 2.24) is 0 Å². The van der Waals surface area contributed by atoms with E-state index >= 15 is 0 Å². The minimum absolute atomic E-state index is 0.123. The molecule has 0 radical (unpaired) electrons. The van der Waals surface area contributed by atoms with Crippen molar-refractivity contribution in [2.75, 3.05) is 53.7 Å². The van der Waals surface area contributed by atoms with Crippen LogP contribution in [0.4, 0.5) is 0 Å². The first-order valence-corrected chi connectivity index (χ1v) is 12.6. The Bertz CT molecular complexity index is 1400. The molecule has 1 aromatic heterocycles. The molecule has 1 aliphatic heterocycles. The van der Waals surface area contributed by atoms with Crippen LogP contribution in [-0.2, 0) is 14.3 Å². The highest BCUT2D eigenvalue weighted by atomic mass is 16.5. The summed E-state index contributed by atoms with van der Waals surface area (Å²) in [6.45, 7) is 4.44. The molecule has 3 aromatic rings. The van der Waals surface area contributed by atoms with Gasteiger partial charge in [-0.1, -0.05) is 18.2 Å². The number of fused-ring (bicyclic) bond motifs is 1. The number of ether oxygens (including phenoxy) is 4. The number of aromatic hydroxyl groups is 1. The van der Waals surface area contributed by atoms with Crippen molar-refractivity contribution < 1.29 is 58.0 Å². The first-order chi connectivity index (χ1) is 19.7. The molecule has 2 heterocycles. The van der Waals surface area contributed by atoms with Gasteiger partial charge in [-0.15, -0.1) is 0 Å². The summed E-state index contributed by atoms with van der Waals surface area (Å²) in [5.74, 6) is -2.00. The summed E-state index contributed by atoms with van der Waals surface area (Å²) in [4.78, 5) is 33.7. The Kier molecular flexibility index (Phi) is 11.3. The predicted molar refractivity (Wildman–Crippen MR) is 144 cm³/mol. The van der Waals surface area contributed by atoms with Gasteiger partial charge >= 0.3 is 5.97 Å². The standard InChI is InChI=1S/C25H27NO7.C4H4O4/c1-29-22-19-8-12-32-23(19)25(30-2)24(33-15-11-26-9-13-31-14-10-26)21(22)20(28)7-6-17-4-3-5-18(27)16-17;5-3(6)1-2-4(7)8/h3-8,12,16,27H,9-11,13-15H2,1-2H3;1-2H,(H,5,6)(H,7,8)/b7-6+;2-1-. The van der Waals surface area contributed by atoms with Crippen molar-refractivity contribution >= 4 is 34.8 Å². The molecule has 0 unspecified atom stereocenters. The van der Waals surface area contributed by atoms with Gasteiger partial charge in [0.15, 0.2) is 17.1 Å². The van der Waals surface area contributed by atoms with Crippen molar-refractivity contribution in [3.8, 4) is 23.0 Å². The van der Waals surface area contributed by atoms with Crippen LogP contribution >= 0.6 is 0 Å². The number of hydrogen-bond acceptors (Lipinski definition) is 10. The Labute approximate surface area is 235 Å². The van der Waals surface area contributed by atoms with Crippen LogP contribution in [0, 0.1) is 0 Å². The molecule has 0 spiro atoms. The molecule has 0 atom stereocenters. The lowest BCUT2D eigenvalue weighted by molar-refractivity contribution is -0.908. The average Bonchev–Trinajstić information content (AvgIpc) is 3.44. The van der Waals surface area contributed by atoms with E-state index in [0.717, 1.165) is 32.8 Å². The molecule has 3 N–H and O–H groups in total. The van der Waals surface area contributed by atoms with Crippen LogP contribution in [0.2, 0.25) is 0 Å². The Morgan fingerprint density at radius 1 is 1.02 bits per heavy atom. The van der Waals surface area contributed by atoms with Crippen LogP contribution in [0.25, 0.3) is 17.0 Å². The average molecular weight is 570 g/mol. The molecule has 218 valence electrons. The zero-order chi connectivity index (χ0) is 29.8. The second kappa shape index (κ2) is 15.1. The van der Waals surface area contributed by atoms with Crippen molar-refractivity contribution in [3.05, 3.63) is 65.9 Å². The van der Waals surface area contributed by atoms with Gasteiger partial charge in [-0.2, -0.15) is 0 Å². The fraction of sp³-hybridized carbons (Fsp3) is 0.276. The molecule has 1 aliphatic rings. The minimum atomic E-state index is -1.51. The summed E-state index contributed by atoms with van der Waals surface area (Å²) in [5, 5.41) is 27.5. The summed E-state index contributed by atoms with van der Waals surface area (Å²) in [5.41, 5.74) is 1.41. The molecule has 1 fully saturated rings. The van der Waals surface area contributed by atoms with Gasteiger partial charge in [-0.25, -0.2) is 4.79 Å². The first kappa shape index (κ1) is 30.7. The zero-order valence-electron chi connectivity index (χ0n) is 22.6. The molecular formula is C29H31NO11. The molecule has 2 aromatic carbocycles. The normalized spacial score (nSPS) is 13.6. The number of ketones is 1. The molecule has 0 saturated carbocycles. The Morgan fingerprint density at radius 2 is 1.76 bits per heavy atom. The Hall–Kier alpha value is -4.81. The number of methoxy groups -OCH3 is 2. The predicted octanol–water partition coefficient (Wildman–Crippen LogP) is 0.723. The van der Waals surface area contributed by atoms with E-state index in [2.05, 4.69) is 0 Å². The monoisotopic (exact) mass is 569 g/mol. The van der Waals surface area contributed by atoms with Crippen molar-refractivity contribution in [2.24, 2.45) is 0 Å². The highest BCUT2D eigenvalue weighted by Crippen LogP contribution is 2.46. The number of quaternary nitrogens is 1. The molecule has 1 saturated heterocycles. The van der Waals surface area contributed by atoms with E-state index in [-0.39, 0.29) is 22.8 Å². The lowest BCUT2D eigenvalue weighted by Crippen LogP contribution is -3.14. The van der Waals surface area contributed by atoms with Gasteiger partial charge in [0.1, 0.15) is 43.3 Å². The van der Waals surface area contributed by atoms with Gasteiger partial charge in [0.05, 0.1) is 45.1 Å². The maximum atomic E-state index is 13.4. The molecule has 4 rings (SSSR count). The van der Waals surface area contributed by atoms with Crippen LogP contribution < -0.4 is 24.2 Å². The summed E-state index contributed by atoms with van der Waals surface area (Å²) in [6, 6.07) is 8.38. The lowest BCUT2D eigenvalue weighted by Gasteiger charge is -2.24. The van der Waals surface area contributed by atoms with E-state index < -0.39 is 11.9 Å². The number of phenolic OH excluding ortho intramolecular Hbond substituents is 1. The lowest BCUT2D eigenvalue weighted by atomic mass is 10.0. The Morgan fingerprint density at radius 3 is 2.37 bits per heavy atom. The van der Waals surface area contributed by atoms with Crippen molar-refractivity contribution in [1.29, 1.82) is 0 Å². The molecule has 0 amide bonds. The van der Waals surface area contributed by atoms with E-state index in [1.54, 1.807) is 36.4 Å². The molecule has 12 heteroatoms. The van der Waals surface area contributed by atoms with Gasteiger partial charge in [-0.05, 0) is 35.9 Å². The zero-order valence-corrected chi connectivity index (χ0v) is 22.6. The molecular weight excluding hydrogens is 538 g/mol. The molecule has 41 heavy (non-hydrogen) atoms. The van der Waals surface area contributed by atoms with E-state index in [9.17, 15) is 24.6 Å². The number of aliphatic carboxylic acids is 2. The van der Waals surface area contributed by atoms with Gasteiger partial charge in [0.2, 0.25) is 5.75 Å². The summed E-state index contributed by atoms with van der Waals surface area (Å²) < 4.78 is 28.5. The number of hydrogen-bond donors (Lipinski definition) is 3. The third kappa shape index (κ3) is 8.59. The van der Waals surface area contributed by atoms with E-state index in [1.807, 2.05) is 0 Å². The maximum absolute atomic E-state index is 13.4. The highest BCUT2D eigenvalue weighted by Gasteiger charge is 2.28. The minimum Gasteiger partial charge on any atom is -0.545 e. The summed E-state index contributed by atoms with van der Waals surface area (Å²) >= 11 is 0. The van der Waals surface area contributed by atoms with Gasteiger partial charge in [0, 0.05) is 6.08 Å². The number of allylic oxidation sites excluding steroid dienone is 1. The SMILES string of the molecule is COc1c(C(=O)/C=C/c2cccc(O)c2)c(OCC[NH+]2CCOCC2)c(OC)c2occc12.O=C([O-])/C=C\C(=O)O. The number of carboxylic acid groups (broad SMARTS) is 2. The van der Waals surface area contributed by atoms with Crippen molar-refractivity contribution in [3.63, 3.8) is 0 Å². The number of rotatable bonds is 11. The molecule has 12 nitrogen and oxygen atoms in total. The second-order valence-corrected chi connectivity index (χ2v) is 8.68. The van der Waals surface area contributed by atoms with Crippen LogP contribution in [0.1, 0.15) is 15.9 Å². The molecule has 0 bridgehead atoms. The van der Waals surface area contributed by atoms with Crippen molar-refractivity contribution in [2.45, 2.75) is 0 Å². The number of carbonyl (C=O) groups is 3. The van der Waals surface area contributed by atoms with Gasteiger partial charge < -0.3 is 48.4 Å². The first-order valence-electron chi connectivity index (χ1n) is 12.6. The number of furan rings is 1. The number of phenols is 1. The Balaban J connectivity index is 0.000000507. The smallest absolute Gasteiger partial charge is 0.328 e. The maximum Gasteiger partial charge on any atom is 0.328 e. The summed E-state index contributed by atoms with van der Waals surface area (Å²) in [6.07, 6.45) is 5.53. The number of carboxylic acids is 2. The third-order valence-electron chi connectivity index (χ3n) is 5.99.